The lowest BCUT2D eigenvalue weighted by Gasteiger charge is -2.48. The van der Waals surface area contributed by atoms with E-state index >= 15 is 0 Å². The number of amides is 1. The summed E-state index contributed by atoms with van der Waals surface area (Å²) < 4.78 is 1.69. The van der Waals surface area contributed by atoms with Crippen molar-refractivity contribution in [3.63, 3.8) is 0 Å². The Morgan fingerprint density at radius 3 is 2.56 bits per heavy atom. The molecule has 2 aliphatic rings. The van der Waals surface area contributed by atoms with Crippen LogP contribution in [0.1, 0.15) is 61.7 Å². The van der Waals surface area contributed by atoms with Crippen LogP contribution in [-0.2, 0) is 7.05 Å². The Morgan fingerprint density at radius 1 is 1.19 bits per heavy atom. The van der Waals surface area contributed by atoms with Gasteiger partial charge in [-0.05, 0) is 62.7 Å². The molecule has 1 aliphatic carbocycles. The smallest absolute Gasteiger partial charge is 0.284 e. The molecule has 0 spiro atoms. The number of carbonyl (C=O) groups is 1. The number of aromatic nitrogens is 3. The van der Waals surface area contributed by atoms with Crippen LogP contribution in [0.5, 0.6) is 0 Å². The van der Waals surface area contributed by atoms with Crippen molar-refractivity contribution in [2.24, 2.45) is 7.05 Å². The number of nitro benzene ring substituents is 1. The molecule has 1 N–H and O–H groups in total. The number of aryl methyl sites for hydroxylation is 1. The fourth-order valence-electron chi connectivity index (χ4n) is 4.88. The van der Waals surface area contributed by atoms with Gasteiger partial charge >= 0.3 is 0 Å². The molecule has 1 amide bonds. The summed E-state index contributed by atoms with van der Waals surface area (Å²) in [5.41, 5.74) is 0.221. The highest BCUT2D eigenvalue weighted by molar-refractivity contribution is 7.99. The van der Waals surface area contributed by atoms with Crippen LogP contribution in [0.2, 0.25) is 0 Å². The van der Waals surface area contributed by atoms with Gasteiger partial charge in [0, 0.05) is 30.8 Å². The third kappa shape index (κ3) is 4.96. The van der Waals surface area contributed by atoms with Gasteiger partial charge in [0.25, 0.3) is 11.6 Å². The van der Waals surface area contributed by atoms with E-state index in [1.807, 2.05) is 0 Å². The number of piperidine rings is 1. The Hall–Kier alpha value is -2.46. The Balaban J connectivity index is 1.49. The van der Waals surface area contributed by atoms with Gasteiger partial charge in [0.2, 0.25) is 0 Å². The van der Waals surface area contributed by atoms with E-state index in [1.165, 1.54) is 44.6 Å². The zero-order chi connectivity index (χ0) is 22.6. The van der Waals surface area contributed by atoms with Crippen LogP contribution in [0.15, 0.2) is 34.6 Å². The normalized spacial score (nSPS) is 18.9. The van der Waals surface area contributed by atoms with E-state index < -0.39 is 4.92 Å². The van der Waals surface area contributed by atoms with E-state index in [9.17, 15) is 14.9 Å². The van der Waals surface area contributed by atoms with Crippen LogP contribution in [-0.4, -0.2) is 55.7 Å². The van der Waals surface area contributed by atoms with Gasteiger partial charge in [-0.2, -0.15) is 0 Å². The molecule has 0 atom stereocenters. The van der Waals surface area contributed by atoms with Crippen LogP contribution < -0.4 is 5.32 Å². The van der Waals surface area contributed by atoms with Crippen molar-refractivity contribution in [2.45, 2.75) is 67.0 Å². The van der Waals surface area contributed by atoms with E-state index in [4.69, 9.17) is 0 Å². The van der Waals surface area contributed by atoms with Gasteiger partial charge in [0.15, 0.2) is 5.16 Å². The molecule has 1 aromatic carbocycles. The van der Waals surface area contributed by atoms with Crippen molar-refractivity contribution in [2.75, 3.05) is 19.6 Å². The van der Waals surface area contributed by atoms with Crippen molar-refractivity contribution < 1.29 is 9.72 Å². The number of hydrogen-bond donors (Lipinski definition) is 1. The lowest BCUT2D eigenvalue weighted by molar-refractivity contribution is -0.387. The fourth-order valence-corrected chi connectivity index (χ4v) is 5.73. The first-order chi connectivity index (χ1) is 15.5. The van der Waals surface area contributed by atoms with Crippen molar-refractivity contribution in [1.82, 2.24) is 25.0 Å². The minimum Gasteiger partial charge on any atom is -0.350 e. The van der Waals surface area contributed by atoms with Gasteiger partial charge in [0.1, 0.15) is 6.33 Å². The molecule has 1 aliphatic heterocycles. The minimum absolute atomic E-state index is 0.0151. The van der Waals surface area contributed by atoms with Crippen LogP contribution in [0.3, 0.4) is 0 Å². The van der Waals surface area contributed by atoms with Gasteiger partial charge in [-0.1, -0.05) is 25.7 Å². The molecule has 0 unspecified atom stereocenters. The number of likely N-dealkylation sites (tertiary alicyclic amines) is 1. The number of carbonyl (C=O) groups excluding carboxylic acids is 1. The first-order valence-electron chi connectivity index (χ1n) is 11.3. The highest BCUT2D eigenvalue weighted by atomic mass is 32.2. The Labute approximate surface area is 192 Å². The lowest BCUT2D eigenvalue weighted by Crippen LogP contribution is -2.58. The van der Waals surface area contributed by atoms with E-state index in [0.29, 0.717) is 22.2 Å². The molecule has 1 saturated carbocycles. The van der Waals surface area contributed by atoms with E-state index in [2.05, 4.69) is 20.4 Å². The largest absolute Gasteiger partial charge is 0.350 e. The Morgan fingerprint density at radius 2 is 1.91 bits per heavy atom. The number of nitrogens with zero attached hydrogens (tertiary/aromatic N) is 5. The number of hydrogen-bond acceptors (Lipinski definition) is 7. The zero-order valence-electron chi connectivity index (χ0n) is 18.5. The second kappa shape index (κ2) is 9.99. The van der Waals surface area contributed by atoms with E-state index in [0.717, 1.165) is 37.7 Å². The van der Waals surface area contributed by atoms with Gasteiger partial charge in [-0.15, -0.1) is 10.2 Å². The fraction of sp³-hybridized carbons (Fsp3) is 0.591. The maximum absolute atomic E-state index is 13.0. The Kier molecular flexibility index (Phi) is 7.10. The van der Waals surface area contributed by atoms with E-state index in [-0.39, 0.29) is 17.1 Å². The lowest BCUT2D eigenvalue weighted by atomic mass is 9.79. The van der Waals surface area contributed by atoms with Crippen LogP contribution in [0.25, 0.3) is 0 Å². The highest BCUT2D eigenvalue weighted by Gasteiger charge is 2.38. The van der Waals surface area contributed by atoms with Crippen molar-refractivity contribution in [3.05, 3.63) is 40.2 Å². The molecule has 0 radical (unpaired) electrons. The maximum Gasteiger partial charge on any atom is 0.284 e. The number of benzene rings is 1. The first kappa shape index (κ1) is 22.7. The molecule has 10 heteroatoms. The Bertz CT molecular complexity index is 966. The monoisotopic (exact) mass is 458 g/mol. The predicted octanol–water partition coefficient (Wildman–Crippen LogP) is 3.79. The summed E-state index contributed by atoms with van der Waals surface area (Å²) in [6.45, 7) is 2.78. The van der Waals surface area contributed by atoms with Gasteiger partial charge in [-0.3, -0.25) is 19.8 Å². The molecular weight excluding hydrogens is 428 g/mol. The van der Waals surface area contributed by atoms with Crippen molar-refractivity contribution in [3.8, 4) is 0 Å². The van der Waals surface area contributed by atoms with Crippen molar-refractivity contribution >= 4 is 23.4 Å². The molecule has 4 rings (SSSR count). The SMILES string of the molecule is Cn1cnnc1Sc1ccc(C(=O)NCC2(N3CCCCC3)CCCCC2)cc1[N+](=O)[O-]. The minimum atomic E-state index is -0.453. The molecule has 1 saturated heterocycles. The number of rotatable bonds is 7. The summed E-state index contributed by atoms with van der Waals surface area (Å²) in [4.78, 5) is 27.2. The first-order valence-corrected chi connectivity index (χ1v) is 12.1. The average Bonchev–Trinajstić information content (AvgIpc) is 3.23. The molecule has 9 nitrogen and oxygen atoms in total. The molecule has 2 heterocycles. The molecule has 2 fully saturated rings. The molecule has 172 valence electrons. The second-order valence-corrected chi connectivity index (χ2v) is 9.79. The summed E-state index contributed by atoms with van der Waals surface area (Å²) in [6, 6.07) is 4.63. The summed E-state index contributed by atoms with van der Waals surface area (Å²) in [5.74, 6) is -0.259. The number of nitrogens with one attached hydrogen (secondary N) is 1. The maximum atomic E-state index is 13.0. The summed E-state index contributed by atoms with van der Waals surface area (Å²) in [5, 5.41) is 23.1. The summed E-state index contributed by atoms with van der Waals surface area (Å²) in [6.07, 6.45) is 11.1. The van der Waals surface area contributed by atoms with Crippen LogP contribution in [0, 0.1) is 10.1 Å². The van der Waals surface area contributed by atoms with E-state index in [1.54, 1.807) is 30.1 Å². The third-order valence-electron chi connectivity index (χ3n) is 6.68. The van der Waals surface area contributed by atoms with Gasteiger partial charge in [0.05, 0.1) is 9.82 Å². The topological polar surface area (TPSA) is 106 Å². The molecule has 0 bridgehead atoms. The summed E-state index contributed by atoms with van der Waals surface area (Å²) in [7, 11) is 1.78. The quantitative estimate of drug-likeness (QED) is 0.497. The van der Waals surface area contributed by atoms with Gasteiger partial charge < -0.3 is 9.88 Å². The molecule has 32 heavy (non-hydrogen) atoms. The highest BCUT2D eigenvalue weighted by Crippen LogP contribution is 2.36. The molecule has 1 aromatic heterocycles. The summed E-state index contributed by atoms with van der Waals surface area (Å²) >= 11 is 1.16. The zero-order valence-corrected chi connectivity index (χ0v) is 19.3. The van der Waals surface area contributed by atoms with Gasteiger partial charge in [-0.25, -0.2) is 0 Å². The predicted molar refractivity (Wildman–Crippen MR) is 122 cm³/mol. The van der Waals surface area contributed by atoms with Crippen molar-refractivity contribution in [1.29, 1.82) is 0 Å². The van der Waals surface area contributed by atoms with Crippen LogP contribution >= 0.6 is 11.8 Å². The molecule has 2 aromatic rings. The second-order valence-electron chi connectivity index (χ2n) is 8.78. The third-order valence-corrected chi connectivity index (χ3v) is 7.80. The number of nitro groups is 1. The average molecular weight is 459 g/mol. The van der Waals surface area contributed by atoms with Crippen LogP contribution in [0.4, 0.5) is 5.69 Å². The standard InChI is InChI=1S/C22H30N6O3S/c1-26-16-24-25-21(26)32-19-9-8-17(14-18(19)28(30)31)20(29)23-15-22(10-4-2-5-11-22)27-12-6-3-7-13-27/h8-9,14,16H,2-7,10-13,15H2,1H3,(H,23,29). The molecular formula is C22H30N6O3S.